The third kappa shape index (κ3) is 1.18. The van der Waals surface area contributed by atoms with Crippen LogP contribution >= 0.6 is 0 Å². The molecule has 0 saturated heterocycles. The molecule has 0 atom stereocenters. The van der Waals surface area contributed by atoms with E-state index in [1.54, 1.807) is 30.6 Å². The third-order valence-corrected chi connectivity index (χ3v) is 1.59. The minimum atomic E-state index is -0.499. The van der Waals surface area contributed by atoms with Crippen molar-refractivity contribution < 1.29 is 4.68 Å². The van der Waals surface area contributed by atoms with E-state index >= 15 is 0 Å². The number of hydrogen-bond donors (Lipinski definition) is 2. The second-order valence-electron chi connectivity index (χ2n) is 2.43. The predicted molar refractivity (Wildman–Crippen MR) is 43.1 cm³/mol. The Morgan fingerprint density at radius 2 is 1.54 bits per heavy atom. The number of pyridine rings is 1. The van der Waals surface area contributed by atoms with Crippen LogP contribution < -0.4 is 16.1 Å². The van der Waals surface area contributed by atoms with Crippen LogP contribution in [-0.2, 0) is 0 Å². The Labute approximate surface area is 72.0 Å². The Morgan fingerprint density at radius 1 is 1.00 bits per heavy atom. The van der Waals surface area contributed by atoms with Crippen LogP contribution in [0.1, 0.15) is 0 Å². The third-order valence-electron chi connectivity index (χ3n) is 1.59. The monoisotopic (exact) mass is 179 g/mol. The highest BCUT2D eigenvalue weighted by Gasteiger charge is 2.10. The van der Waals surface area contributed by atoms with Crippen LogP contribution in [0.15, 0.2) is 40.2 Å². The molecule has 13 heavy (non-hydrogen) atoms. The Hall–Kier alpha value is -2.11. The lowest BCUT2D eigenvalue weighted by Gasteiger charge is -1.87. The first kappa shape index (κ1) is 7.53. The molecule has 0 unspecified atom stereocenters. The summed E-state index contributed by atoms with van der Waals surface area (Å²) in [4.78, 5) is 22.2. The van der Waals surface area contributed by atoms with Crippen molar-refractivity contribution in [1.29, 1.82) is 0 Å². The lowest BCUT2D eigenvalue weighted by molar-refractivity contribution is -0.732. The molecular formula is C7H7N4O2+. The Morgan fingerprint density at radius 3 is 2.08 bits per heavy atom. The van der Waals surface area contributed by atoms with Crippen LogP contribution in [0.4, 0.5) is 0 Å². The van der Waals surface area contributed by atoms with Crippen molar-refractivity contribution in [3.8, 4) is 0 Å². The zero-order valence-electron chi connectivity index (χ0n) is 6.60. The molecule has 2 aromatic heterocycles. The Balaban J connectivity index is 2.73. The van der Waals surface area contributed by atoms with Crippen molar-refractivity contribution in [3.63, 3.8) is 0 Å². The van der Waals surface area contributed by atoms with Gasteiger partial charge in [0.2, 0.25) is 12.4 Å². The quantitative estimate of drug-likeness (QED) is 0.521. The van der Waals surface area contributed by atoms with E-state index in [0.29, 0.717) is 0 Å². The first-order valence-corrected chi connectivity index (χ1v) is 3.66. The maximum Gasteiger partial charge on any atom is 0.400 e. The smallest absolute Gasteiger partial charge is 0.243 e. The fraction of sp³-hybridized carbons (Fsp3) is 0. The molecule has 0 radical (unpaired) electrons. The molecule has 0 bridgehead atoms. The summed E-state index contributed by atoms with van der Waals surface area (Å²) >= 11 is 0. The molecule has 0 aliphatic heterocycles. The zero-order chi connectivity index (χ0) is 9.26. The highest BCUT2D eigenvalue weighted by atomic mass is 16.2. The fourth-order valence-electron chi connectivity index (χ4n) is 1.04. The number of hydrogen-bond acceptors (Lipinski definition) is 2. The average molecular weight is 179 g/mol. The molecule has 0 saturated carbocycles. The van der Waals surface area contributed by atoms with E-state index in [9.17, 15) is 9.59 Å². The standard InChI is InChI=1S/C7H6N4O2/c12-6-8-9-7(13)11(6)10-4-2-1-3-5-10/h1-5H,(H-,8,9,12,13)/p+1. The summed E-state index contributed by atoms with van der Waals surface area (Å²) < 4.78 is 2.33. The van der Waals surface area contributed by atoms with Crippen molar-refractivity contribution in [2.24, 2.45) is 0 Å². The second-order valence-corrected chi connectivity index (χ2v) is 2.43. The van der Waals surface area contributed by atoms with Crippen LogP contribution in [0.25, 0.3) is 0 Å². The highest BCUT2D eigenvalue weighted by molar-refractivity contribution is 4.83. The van der Waals surface area contributed by atoms with Gasteiger partial charge in [0.05, 0.1) is 0 Å². The van der Waals surface area contributed by atoms with E-state index in [2.05, 4.69) is 10.2 Å². The Bertz CT molecular complexity index is 480. The van der Waals surface area contributed by atoms with Gasteiger partial charge in [-0.05, 0) is 0 Å². The highest BCUT2D eigenvalue weighted by Crippen LogP contribution is 1.74. The summed E-state index contributed by atoms with van der Waals surface area (Å²) in [6, 6.07) is 5.24. The first-order chi connectivity index (χ1) is 6.29. The van der Waals surface area contributed by atoms with Crippen LogP contribution in [0.3, 0.4) is 0 Å². The zero-order valence-corrected chi connectivity index (χ0v) is 6.60. The van der Waals surface area contributed by atoms with E-state index in [-0.39, 0.29) is 0 Å². The van der Waals surface area contributed by atoms with Gasteiger partial charge in [0, 0.05) is 16.8 Å². The maximum absolute atomic E-state index is 11.1. The Kier molecular flexibility index (Phi) is 1.59. The molecule has 6 nitrogen and oxygen atoms in total. The normalized spacial score (nSPS) is 10.2. The van der Waals surface area contributed by atoms with Gasteiger partial charge >= 0.3 is 11.4 Å². The van der Waals surface area contributed by atoms with Crippen LogP contribution in [0.5, 0.6) is 0 Å². The average Bonchev–Trinajstić information content (AvgIpc) is 2.48. The molecule has 0 spiro atoms. The summed E-state index contributed by atoms with van der Waals surface area (Å²) in [5.74, 6) is 0. The van der Waals surface area contributed by atoms with Crippen LogP contribution in [0.2, 0.25) is 0 Å². The lowest BCUT2D eigenvalue weighted by atomic mass is 10.5. The van der Waals surface area contributed by atoms with E-state index < -0.39 is 11.4 Å². The van der Waals surface area contributed by atoms with E-state index in [1.165, 1.54) is 4.68 Å². The molecular weight excluding hydrogens is 172 g/mol. The minimum Gasteiger partial charge on any atom is -0.243 e. The van der Waals surface area contributed by atoms with Gasteiger partial charge in [0.1, 0.15) is 0 Å². The predicted octanol–water partition coefficient (Wildman–Crippen LogP) is -1.54. The lowest BCUT2D eigenvalue weighted by Crippen LogP contribution is -2.53. The molecule has 2 aromatic rings. The van der Waals surface area contributed by atoms with E-state index in [0.717, 1.165) is 4.68 Å². The largest absolute Gasteiger partial charge is 0.400 e. The van der Waals surface area contributed by atoms with Gasteiger partial charge in [-0.15, -0.1) is 0 Å². The van der Waals surface area contributed by atoms with Gasteiger partial charge in [-0.25, -0.2) is 19.8 Å². The van der Waals surface area contributed by atoms with Crippen molar-refractivity contribution in [2.75, 3.05) is 0 Å². The number of aromatic amines is 2. The number of rotatable bonds is 1. The molecule has 6 heteroatoms. The number of aromatic nitrogens is 4. The van der Waals surface area contributed by atoms with Crippen LogP contribution in [-0.4, -0.2) is 14.9 Å². The summed E-state index contributed by atoms with van der Waals surface area (Å²) in [5, 5.41) is 4.37. The van der Waals surface area contributed by atoms with Gasteiger partial charge in [-0.3, -0.25) is 0 Å². The van der Waals surface area contributed by atoms with Gasteiger partial charge in [-0.1, -0.05) is 10.7 Å². The summed E-state index contributed by atoms with van der Waals surface area (Å²) in [6.07, 6.45) is 3.20. The molecule has 2 N–H and O–H groups in total. The van der Waals surface area contributed by atoms with Gasteiger partial charge in [-0.2, -0.15) is 0 Å². The molecule has 2 heterocycles. The van der Waals surface area contributed by atoms with Crippen molar-refractivity contribution in [2.45, 2.75) is 0 Å². The molecule has 0 aliphatic carbocycles. The summed E-state index contributed by atoms with van der Waals surface area (Å²) in [6.45, 7) is 0. The van der Waals surface area contributed by atoms with E-state index in [4.69, 9.17) is 0 Å². The minimum absolute atomic E-state index is 0.499. The fourth-order valence-corrected chi connectivity index (χ4v) is 1.04. The molecule has 0 aliphatic rings. The van der Waals surface area contributed by atoms with Crippen molar-refractivity contribution in [3.05, 3.63) is 51.6 Å². The number of nitrogens with zero attached hydrogens (tertiary/aromatic N) is 2. The molecule has 66 valence electrons. The van der Waals surface area contributed by atoms with Gasteiger partial charge in [0.25, 0.3) is 0 Å². The SMILES string of the molecule is O=c1[nH][nH]c(=O)n1-[n+]1ccccc1. The topological polar surface area (TPSA) is 74.5 Å². The summed E-state index contributed by atoms with van der Waals surface area (Å²) in [7, 11) is 0. The van der Waals surface area contributed by atoms with Gasteiger partial charge < -0.3 is 0 Å². The molecule has 0 fully saturated rings. The second kappa shape index (κ2) is 2.74. The van der Waals surface area contributed by atoms with Gasteiger partial charge in [0.15, 0.2) is 0 Å². The number of H-pyrrole nitrogens is 2. The molecule has 0 aromatic carbocycles. The van der Waals surface area contributed by atoms with Crippen molar-refractivity contribution in [1.82, 2.24) is 14.9 Å². The first-order valence-electron chi connectivity index (χ1n) is 3.66. The maximum atomic E-state index is 11.1. The molecule has 0 amide bonds. The van der Waals surface area contributed by atoms with Crippen LogP contribution in [0, 0.1) is 0 Å². The van der Waals surface area contributed by atoms with E-state index in [1.807, 2.05) is 0 Å². The summed E-state index contributed by atoms with van der Waals surface area (Å²) in [5.41, 5.74) is -0.998. The molecule has 2 rings (SSSR count). The van der Waals surface area contributed by atoms with Crippen molar-refractivity contribution >= 4 is 0 Å². The number of nitrogens with one attached hydrogen (secondary N) is 2.